The van der Waals surface area contributed by atoms with Gasteiger partial charge in [-0.3, -0.25) is 0 Å². The first-order valence-corrected chi connectivity index (χ1v) is 4.50. The highest BCUT2D eigenvalue weighted by molar-refractivity contribution is 5.31. The number of aliphatic hydroxyl groups is 1. The maximum Gasteiger partial charge on any atom is 0.242 e. The van der Waals surface area contributed by atoms with E-state index in [1.165, 1.54) is 0 Å². The summed E-state index contributed by atoms with van der Waals surface area (Å²) in [4.78, 5) is 0. The van der Waals surface area contributed by atoms with Gasteiger partial charge in [-0.2, -0.15) is 0 Å². The Morgan fingerprint density at radius 1 is 1.29 bits per heavy atom. The quantitative estimate of drug-likeness (QED) is 0.795. The van der Waals surface area contributed by atoms with Gasteiger partial charge >= 0.3 is 0 Å². The van der Waals surface area contributed by atoms with E-state index in [1.54, 1.807) is 38.1 Å². The average Bonchev–Trinajstić information content (AvgIpc) is 2.01. The fourth-order valence-corrected chi connectivity index (χ4v) is 1.46. The van der Waals surface area contributed by atoms with Crippen LogP contribution in [0, 0.1) is 0 Å². The Morgan fingerprint density at radius 2 is 1.86 bits per heavy atom. The van der Waals surface area contributed by atoms with Crippen molar-refractivity contribution >= 4 is 0 Å². The van der Waals surface area contributed by atoms with Crippen LogP contribution in [0.2, 0.25) is 0 Å². The zero-order chi connectivity index (χ0) is 10.8. The monoisotopic (exact) mass is 200 g/mol. The molecular formula is C11H14F2O. The van der Waals surface area contributed by atoms with Crippen LogP contribution in [0.5, 0.6) is 0 Å². The predicted molar refractivity (Wildman–Crippen MR) is 51.4 cm³/mol. The van der Waals surface area contributed by atoms with Crippen LogP contribution in [-0.4, -0.2) is 11.5 Å². The molecule has 1 aromatic carbocycles. The van der Waals surface area contributed by atoms with Crippen molar-refractivity contribution in [3.8, 4) is 0 Å². The molecule has 0 aliphatic heterocycles. The van der Waals surface area contributed by atoms with E-state index in [-0.39, 0.29) is 6.42 Å². The number of hydrogen-bond donors (Lipinski definition) is 1. The molecule has 1 rings (SSSR count). The molecule has 0 unspecified atom stereocenters. The van der Waals surface area contributed by atoms with Crippen LogP contribution in [0.3, 0.4) is 0 Å². The van der Waals surface area contributed by atoms with Crippen LogP contribution in [0.25, 0.3) is 0 Å². The lowest BCUT2D eigenvalue weighted by molar-refractivity contribution is 0.0760. The van der Waals surface area contributed by atoms with Crippen molar-refractivity contribution in [3.05, 3.63) is 35.4 Å². The number of benzene rings is 1. The van der Waals surface area contributed by atoms with Crippen LogP contribution in [0.1, 0.15) is 25.0 Å². The highest BCUT2D eigenvalue weighted by Gasteiger charge is 2.20. The fraction of sp³-hybridized carbons (Fsp3) is 0.455. The van der Waals surface area contributed by atoms with E-state index in [0.717, 1.165) is 0 Å². The third kappa shape index (κ3) is 2.77. The van der Waals surface area contributed by atoms with Gasteiger partial charge in [-0.15, -0.1) is 0 Å². The SMILES string of the molecule is CC(C)(O)c1ccccc1CC(F)F. The van der Waals surface area contributed by atoms with E-state index < -0.39 is 12.0 Å². The minimum Gasteiger partial charge on any atom is -0.386 e. The zero-order valence-electron chi connectivity index (χ0n) is 8.30. The van der Waals surface area contributed by atoms with Crippen molar-refractivity contribution in [2.24, 2.45) is 0 Å². The molecule has 0 saturated carbocycles. The molecule has 78 valence electrons. The summed E-state index contributed by atoms with van der Waals surface area (Å²) in [5, 5.41) is 9.74. The zero-order valence-corrected chi connectivity index (χ0v) is 8.30. The van der Waals surface area contributed by atoms with E-state index >= 15 is 0 Å². The largest absolute Gasteiger partial charge is 0.386 e. The Kier molecular flexibility index (Phi) is 3.21. The lowest BCUT2D eigenvalue weighted by Crippen LogP contribution is -2.18. The standard InChI is InChI=1S/C11H14F2O/c1-11(2,14)9-6-4-3-5-8(9)7-10(12)13/h3-6,10,14H,7H2,1-2H3. The van der Waals surface area contributed by atoms with Crippen molar-refractivity contribution in [2.75, 3.05) is 0 Å². The second-order valence-electron chi connectivity index (χ2n) is 3.81. The summed E-state index contributed by atoms with van der Waals surface area (Å²) in [7, 11) is 0. The normalized spacial score (nSPS) is 12.1. The summed E-state index contributed by atoms with van der Waals surface area (Å²) < 4.78 is 24.4. The third-order valence-electron chi connectivity index (χ3n) is 2.05. The lowest BCUT2D eigenvalue weighted by atomic mass is 9.92. The number of hydrogen-bond acceptors (Lipinski definition) is 1. The number of halogens is 2. The van der Waals surface area contributed by atoms with Crippen molar-refractivity contribution in [3.63, 3.8) is 0 Å². The Bertz CT molecular complexity index is 302. The molecule has 0 aliphatic rings. The topological polar surface area (TPSA) is 20.2 Å². The molecule has 14 heavy (non-hydrogen) atoms. The summed E-state index contributed by atoms with van der Waals surface area (Å²) in [6.45, 7) is 3.19. The minimum atomic E-state index is -2.38. The average molecular weight is 200 g/mol. The second-order valence-corrected chi connectivity index (χ2v) is 3.81. The van der Waals surface area contributed by atoms with Crippen LogP contribution in [0.4, 0.5) is 8.78 Å². The first-order chi connectivity index (χ1) is 6.41. The number of rotatable bonds is 3. The predicted octanol–water partition coefficient (Wildman–Crippen LogP) is 2.72. The first-order valence-electron chi connectivity index (χ1n) is 4.50. The Balaban J connectivity index is 3.04. The molecule has 1 N–H and O–H groups in total. The molecule has 0 aromatic heterocycles. The van der Waals surface area contributed by atoms with Crippen LogP contribution >= 0.6 is 0 Å². The maximum atomic E-state index is 12.2. The lowest BCUT2D eigenvalue weighted by Gasteiger charge is -2.21. The Morgan fingerprint density at radius 3 is 2.36 bits per heavy atom. The highest BCUT2D eigenvalue weighted by atomic mass is 19.3. The maximum absolute atomic E-state index is 12.2. The molecule has 0 atom stereocenters. The minimum absolute atomic E-state index is 0.305. The molecule has 0 bridgehead atoms. The molecule has 0 fully saturated rings. The van der Waals surface area contributed by atoms with Crippen molar-refractivity contribution in [1.82, 2.24) is 0 Å². The molecule has 0 heterocycles. The van der Waals surface area contributed by atoms with Gasteiger partial charge in [0.15, 0.2) is 0 Å². The summed E-state index contributed by atoms with van der Waals surface area (Å²) in [6, 6.07) is 6.74. The molecule has 1 aromatic rings. The van der Waals surface area contributed by atoms with E-state index in [9.17, 15) is 13.9 Å². The van der Waals surface area contributed by atoms with Gasteiger partial charge in [-0.05, 0) is 25.0 Å². The van der Waals surface area contributed by atoms with Crippen LogP contribution in [-0.2, 0) is 12.0 Å². The molecule has 0 radical (unpaired) electrons. The van der Waals surface area contributed by atoms with Gasteiger partial charge in [0, 0.05) is 6.42 Å². The fourth-order valence-electron chi connectivity index (χ4n) is 1.46. The third-order valence-corrected chi connectivity index (χ3v) is 2.05. The van der Waals surface area contributed by atoms with E-state index in [0.29, 0.717) is 11.1 Å². The second kappa shape index (κ2) is 4.05. The Hall–Kier alpha value is -0.960. The summed E-state index contributed by atoms with van der Waals surface area (Å²) >= 11 is 0. The molecule has 1 nitrogen and oxygen atoms in total. The van der Waals surface area contributed by atoms with E-state index in [1.807, 2.05) is 0 Å². The first kappa shape index (κ1) is 11.1. The molecule has 3 heteroatoms. The van der Waals surface area contributed by atoms with Crippen LogP contribution in [0.15, 0.2) is 24.3 Å². The van der Waals surface area contributed by atoms with Gasteiger partial charge in [0.1, 0.15) is 0 Å². The molecule has 0 saturated heterocycles. The van der Waals surface area contributed by atoms with Gasteiger partial charge in [0.05, 0.1) is 5.60 Å². The molecule has 0 amide bonds. The molecular weight excluding hydrogens is 186 g/mol. The smallest absolute Gasteiger partial charge is 0.242 e. The van der Waals surface area contributed by atoms with Crippen LogP contribution < -0.4 is 0 Å². The van der Waals surface area contributed by atoms with Gasteiger partial charge < -0.3 is 5.11 Å². The van der Waals surface area contributed by atoms with Crippen molar-refractivity contribution in [1.29, 1.82) is 0 Å². The summed E-state index contributed by atoms with van der Waals surface area (Å²) in [6.07, 6.45) is -2.68. The summed E-state index contributed by atoms with van der Waals surface area (Å²) in [5.74, 6) is 0. The number of alkyl halides is 2. The van der Waals surface area contributed by atoms with Gasteiger partial charge in [-0.25, -0.2) is 8.78 Å². The Labute approximate surface area is 82.4 Å². The van der Waals surface area contributed by atoms with Gasteiger partial charge in [0.25, 0.3) is 0 Å². The van der Waals surface area contributed by atoms with E-state index in [2.05, 4.69) is 0 Å². The molecule has 0 aliphatic carbocycles. The van der Waals surface area contributed by atoms with Gasteiger partial charge in [-0.1, -0.05) is 24.3 Å². The van der Waals surface area contributed by atoms with Gasteiger partial charge in [0.2, 0.25) is 6.43 Å². The summed E-state index contributed by atoms with van der Waals surface area (Å²) in [5.41, 5.74) is 0.0150. The van der Waals surface area contributed by atoms with E-state index in [4.69, 9.17) is 0 Å². The van der Waals surface area contributed by atoms with Crippen molar-refractivity contribution < 1.29 is 13.9 Å². The van der Waals surface area contributed by atoms with Crippen molar-refractivity contribution in [2.45, 2.75) is 32.3 Å². The molecule has 0 spiro atoms. The highest BCUT2D eigenvalue weighted by Crippen LogP contribution is 2.24.